The average Bonchev–Trinajstić information content (AvgIpc) is 3.14. The molecule has 316 valence electrons. The smallest absolute Gasteiger partial charge is 0.457 e. The first-order valence-corrected chi connectivity index (χ1v) is 23.5. The monoisotopic (exact) mass is 779 g/mol. The fraction of sp³-hybridized carbons (Fsp3) is 0.952. The third-order valence-electron chi connectivity index (χ3n) is 9.82. The Morgan fingerprint density at radius 1 is 0.434 bits per heavy atom. The van der Waals surface area contributed by atoms with Crippen molar-refractivity contribution in [2.45, 2.75) is 232 Å². The van der Waals surface area contributed by atoms with Crippen LogP contribution >= 0.6 is 7.82 Å². The number of phosphoric ester groups is 1. The SMILES string of the molecule is CCCCCCCCCCCCCCCCCC(=O)O[C@@H](CO)COP(=O)(O)OC[C@H](CO)OC(=O)CCCCCCCCCCCCCCCCC. The number of unbranched alkanes of at least 4 members (excludes halogenated alkanes) is 28. The Bertz CT molecular complexity index is 794. The summed E-state index contributed by atoms with van der Waals surface area (Å²) in [7, 11) is -4.63. The molecule has 11 heteroatoms. The molecule has 0 bridgehead atoms. The van der Waals surface area contributed by atoms with Gasteiger partial charge in [0.05, 0.1) is 26.4 Å². The van der Waals surface area contributed by atoms with Crippen LogP contribution in [-0.4, -0.2) is 65.7 Å². The molecule has 0 aromatic carbocycles. The lowest BCUT2D eigenvalue weighted by Gasteiger charge is -2.20. The first-order chi connectivity index (χ1) is 25.8. The molecule has 0 rings (SSSR count). The van der Waals surface area contributed by atoms with Crippen molar-refractivity contribution in [1.29, 1.82) is 0 Å². The summed E-state index contributed by atoms with van der Waals surface area (Å²) in [6, 6.07) is 0. The quantitative estimate of drug-likeness (QED) is 0.0310. The first-order valence-electron chi connectivity index (χ1n) is 22.0. The van der Waals surface area contributed by atoms with Crippen molar-refractivity contribution in [3.63, 3.8) is 0 Å². The maximum absolute atomic E-state index is 12.4. The van der Waals surface area contributed by atoms with Crippen LogP contribution in [0.15, 0.2) is 0 Å². The number of hydrogen-bond acceptors (Lipinski definition) is 9. The molecule has 53 heavy (non-hydrogen) atoms. The highest BCUT2D eigenvalue weighted by Gasteiger charge is 2.27. The van der Waals surface area contributed by atoms with E-state index < -0.39 is 58.4 Å². The van der Waals surface area contributed by atoms with E-state index in [1.54, 1.807) is 0 Å². The zero-order chi connectivity index (χ0) is 39.1. The second-order valence-corrected chi connectivity index (χ2v) is 16.5. The van der Waals surface area contributed by atoms with Crippen molar-refractivity contribution in [3.8, 4) is 0 Å². The van der Waals surface area contributed by atoms with Crippen molar-refractivity contribution < 1.29 is 47.8 Å². The standard InChI is InChI=1S/C42H83O10P/c1-3-5-7-9-11-13-15-17-19-21-23-25-27-29-31-33-41(45)51-39(35-43)37-49-53(47,48)50-38-40(36-44)52-42(46)34-32-30-28-26-24-22-20-18-16-14-12-10-8-6-4-2/h39-40,43-44H,3-38H2,1-2H3,(H,47,48)/t39-,40-/m0/s1. The number of ether oxygens (including phenoxy) is 2. The molecule has 0 unspecified atom stereocenters. The maximum Gasteiger partial charge on any atom is 0.472 e. The maximum atomic E-state index is 12.4. The highest BCUT2D eigenvalue weighted by Crippen LogP contribution is 2.43. The Kier molecular flexibility index (Phi) is 38.5. The molecule has 0 saturated carbocycles. The van der Waals surface area contributed by atoms with Crippen LogP contribution < -0.4 is 0 Å². The lowest BCUT2D eigenvalue weighted by atomic mass is 10.0. The number of aliphatic hydroxyl groups is 2. The fourth-order valence-corrected chi connectivity index (χ4v) is 7.19. The van der Waals surface area contributed by atoms with Gasteiger partial charge < -0.3 is 24.6 Å². The summed E-state index contributed by atoms with van der Waals surface area (Å²) in [6.07, 6.45) is 35.0. The van der Waals surface area contributed by atoms with E-state index in [0.29, 0.717) is 12.8 Å². The van der Waals surface area contributed by atoms with Gasteiger partial charge in [0.15, 0.2) is 0 Å². The largest absolute Gasteiger partial charge is 0.472 e. The summed E-state index contributed by atoms with van der Waals surface area (Å²) in [4.78, 5) is 34.5. The van der Waals surface area contributed by atoms with Gasteiger partial charge in [-0.25, -0.2) is 4.57 Å². The molecule has 0 aliphatic rings. The van der Waals surface area contributed by atoms with Crippen molar-refractivity contribution in [2.24, 2.45) is 0 Å². The Morgan fingerprint density at radius 3 is 0.887 bits per heavy atom. The Morgan fingerprint density at radius 2 is 0.660 bits per heavy atom. The normalized spacial score (nSPS) is 12.9. The molecule has 3 N–H and O–H groups in total. The van der Waals surface area contributed by atoms with Gasteiger partial charge in [0.25, 0.3) is 0 Å². The average molecular weight is 779 g/mol. The number of carbonyl (C=O) groups excluding carboxylic acids is 2. The number of rotatable bonds is 42. The van der Waals surface area contributed by atoms with E-state index >= 15 is 0 Å². The van der Waals surface area contributed by atoms with Crippen LogP contribution in [0.4, 0.5) is 0 Å². The van der Waals surface area contributed by atoms with E-state index in [-0.39, 0.29) is 12.8 Å². The van der Waals surface area contributed by atoms with E-state index in [0.717, 1.165) is 38.5 Å². The number of carbonyl (C=O) groups is 2. The minimum absolute atomic E-state index is 0.199. The number of aliphatic hydroxyl groups excluding tert-OH is 2. The fourth-order valence-electron chi connectivity index (χ4n) is 6.41. The zero-order valence-corrected chi connectivity index (χ0v) is 35.2. The van der Waals surface area contributed by atoms with Gasteiger partial charge in [-0.2, -0.15) is 0 Å². The Hall–Kier alpha value is -1.03. The van der Waals surface area contributed by atoms with Crippen LogP contribution in [0.3, 0.4) is 0 Å². The van der Waals surface area contributed by atoms with Crippen molar-refractivity contribution in [2.75, 3.05) is 26.4 Å². The molecule has 0 aromatic rings. The van der Waals surface area contributed by atoms with Gasteiger partial charge in [-0.1, -0.05) is 194 Å². The van der Waals surface area contributed by atoms with Crippen LogP contribution in [0, 0.1) is 0 Å². The molecule has 0 aromatic heterocycles. The molecule has 0 aliphatic carbocycles. The Balaban J connectivity index is 3.88. The highest BCUT2D eigenvalue weighted by atomic mass is 31.2. The summed E-state index contributed by atoms with van der Waals surface area (Å²) in [5, 5.41) is 19.2. The van der Waals surface area contributed by atoms with Crippen LogP contribution in [0.2, 0.25) is 0 Å². The molecule has 0 fully saturated rings. The number of esters is 2. The molecule has 0 radical (unpaired) electrons. The van der Waals surface area contributed by atoms with E-state index in [9.17, 15) is 29.3 Å². The predicted octanol–water partition coefficient (Wildman–Crippen LogP) is 11.5. The van der Waals surface area contributed by atoms with Gasteiger partial charge in [-0.15, -0.1) is 0 Å². The second kappa shape index (κ2) is 39.2. The molecular weight excluding hydrogens is 695 g/mol. The topological polar surface area (TPSA) is 149 Å². The van der Waals surface area contributed by atoms with Gasteiger partial charge in [0.1, 0.15) is 12.2 Å². The van der Waals surface area contributed by atoms with E-state index in [2.05, 4.69) is 13.8 Å². The summed E-state index contributed by atoms with van der Waals surface area (Å²) < 4.78 is 32.6. The summed E-state index contributed by atoms with van der Waals surface area (Å²) in [6.45, 7) is 2.25. The molecule has 0 spiro atoms. The van der Waals surface area contributed by atoms with Crippen molar-refractivity contribution >= 4 is 19.8 Å². The summed E-state index contributed by atoms with van der Waals surface area (Å²) in [5.74, 6) is -1.00. The molecule has 0 aliphatic heterocycles. The van der Waals surface area contributed by atoms with Gasteiger partial charge >= 0.3 is 19.8 Å². The second-order valence-electron chi connectivity index (χ2n) is 15.0. The molecular formula is C42H83O10P. The molecule has 10 nitrogen and oxygen atoms in total. The van der Waals surface area contributed by atoms with E-state index in [4.69, 9.17) is 18.5 Å². The molecule has 2 atom stereocenters. The molecule has 0 saturated heterocycles. The first kappa shape index (κ1) is 52.0. The third kappa shape index (κ3) is 37.7. The minimum Gasteiger partial charge on any atom is -0.457 e. The van der Waals surface area contributed by atoms with Crippen LogP contribution in [0.25, 0.3) is 0 Å². The Labute approximate surface area is 324 Å². The number of phosphoric acid groups is 1. The lowest BCUT2D eigenvalue weighted by Crippen LogP contribution is -2.28. The summed E-state index contributed by atoms with van der Waals surface area (Å²) in [5.41, 5.74) is 0. The van der Waals surface area contributed by atoms with Crippen molar-refractivity contribution in [1.82, 2.24) is 0 Å². The molecule has 0 heterocycles. The minimum atomic E-state index is -4.63. The zero-order valence-electron chi connectivity index (χ0n) is 34.3. The lowest BCUT2D eigenvalue weighted by molar-refractivity contribution is -0.153. The third-order valence-corrected chi connectivity index (χ3v) is 10.8. The molecule has 0 amide bonds. The highest BCUT2D eigenvalue weighted by molar-refractivity contribution is 7.47. The van der Waals surface area contributed by atoms with Crippen LogP contribution in [0.5, 0.6) is 0 Å². The van der Waals surface area contributed by atoms with Crippen molar-refractivity contribution in [3.05, 3.63) is 0 Å². The summed E-state index contributed by atoms with van der Waals surface area (Å²) >= 11 is 0. The van der Waals surface area contributed by atoms with Crippen LogP contribution in [-0.2, 0) is 32.7 Å². The van der Waals surface area contributed by atoms with Gasteiger partial charge in [-0.05, 0) is 12.8 Å². The van der Waals surface area contributed by atoms with Gasteiger partial charge in [-0.3, -0.25) is 18.6 Å². The van der Waals surface area contributed by atoms with E-state index in [1.165, 1.54) is 141 Å². The number of hydrogen-bond donors (Lipinski definition) is 3. The van der Waals surface area contributed by atoms with Gasteiger partial charge in [0, 0.05) is 12.8 Å². The van der Waals surface area contributed by atoms with E-state index in [1.807, 2.05) is 0 Å². The van der Waals surface area contributed by atoms with Crippen LogP contribution in [0.1, 0.15) is 219 Å². The van der Waals surface area contributed by atoms with Gasteiger partial charge in [0.2, 0.25) is 0 Å². The predicted molar refractivity (Wildman–Crippen MR) is 215 cm³/mol.